The Bertz CT molecular complexity index is 1250. The topological polar surface area (TPSA) is 112 Å². The van der Waals surface area contributed by atoms with E-state index in [9.17, 15) is 22.8 Å². The van der Waals surface area contributed by atoms with Crippen molar-refractivity contribution in [1.29, 1.82) is 0 Å². The number of carbonyl (C=O) groups is 2. The molecule has 1 atom stereocenters. The number of amides is 2. The van der Waals surface area contributed by atoms with E-state index in [0.29, 0.717) is 5.71 Å². The third-order valence-electron chi connectivity index (χ3n) is 5.45. The molecule has 3 N–H and O–H groups in total. The molecule has 11 heteroatoms. The number of hydrogen-bond acceptors (Lipinski definition) is 5. The van der Waals surface area contributed by atoms with E-state index in [1.165, 1.54) is 36.8 Å². The molecule has 2 aromatic rings. The van der Waals surface area contributed by atoms with E-state index >= 15 is 0 Å². The van der Waals surface area contributed by atoms with E-state index in [1.54, 1.807) is 6.08 Å². The fourth-order valence-electron chi connectivity index (χ4n) is 3.74. The molecule has 0 bridgehead atoms. The summed E-state index contributed by atoms with van der Waals surface area (Å²) in [7, 11) is 0. The average Bonchev–Trinajstić information content (AvgIpc) is 3.48. The van der Waals surface area contributed by atoms with Crippen molar-refractivity contribution in [2.45, 2.75) is 19.0 Å². The van der Waals surface area contributed by atoms with Gasteiger partial charge in [0.2, 0.25) is 11.8 Å². The van der Waals surface area contributed by atoms with Crippen LogP contribution in [-0.2, 0) is 15.8 Å². The monoisotopic (exact) mass is 454 g/mol. The van der Waals surface area contributed by atoms with Gasteiger partial charge in [-0.25, -0.2) is 4.99 Å². The van der Waals surface area contributed by atoms with Gasteiger partial charge in [-0.05, 0) is 31.1 Å². The Kier molecular flexibility index (Phi) is 4.95. The van der Waals surface area contributed by atoms with Gasteiger partial charge in [0.25, 0.3) is 0 Å². The number of aromatic nitrogens is 2. The third kappa shape index (κ3) is 4.09. The summed E-state index contributed by atoms with van der Waals surface area (Å²) in [5, 5.41) is 11.6. The first kappa shape index (κ1) is 20.9. The van der Waals surface area contributed by atoms with Gasteiger partial charge >= 0.3 is 6.18 Å². The summed E-state index contributed by atoms with van der Waals surface area (Å²) in [5.74, 6) is -1.43. The molecule has 33 heavy (non-hydrogen) atoms. The number of aliphatic imine (C=N–C) groups is 2. The van der Waals surface area contributed by atoms with E-state index < -0.39 is 23.6 Å². The zero-order valence-electron chi connectivity index (χ0n) is 17.0. The second-order valence-corrected chi connectivity index (χ2v) is 7.83. The highest BCUT2D eigenvalue weighted by Crippen LogP contribution is 2.42. The molecule has 1 unspecified atom stereocenters. The van der Waals surface area contributed by atoms with Crippen molar-refractivity contribution in [3.63, 3.8) is 0 Å². The van der Waals surface area contributed by atoms with E-state index in [1.807, 2.05) is 0 Å². The predicted molar refractivity (Wildman–Crippen MR) is 113 cm³/mol. The number of hydrogen-bond donors (Lipinski definition) is 3. The van der Waals surface area contributed by atoms with Gasteiger partial charge in [-0.3, -0.25) is 19.7 Å². The molecule has 0 radical (unpaired) electrons. The van der Waals surface area contributed by atoms with Gasteiger partial charge in [0, 0.05) is 35.5 Å². The highest BCUT2D eigenvalue weighted by molar-refractivity contribution is 6.31. The van der Waals surface area contributed by atoms with Crippen molar-refractivity contribution in [3.8, 4) is 11.1 Å². The third-order valence-corrected chi connectivity index (χ3v) is 5.45. The summed E-state index contributed by atoms with van der Waals surface area (Å²) in [6.45, 7) is 0. The number of fused-ring (bicyclic) bond motifs is 1. The number of carbonyl (C=O) groups excluding carboxylic acids is 2. The largest absolute Gasteiger partial charge is 0.417 e. The zero-order chi connectivity index (χ0) is 23.2. The van der Waals surface area contributed by atoms with Gasteiger partial charge in [-0.1, -0.05) is 6.07 Å². The van der Waals surface area contributed by atoms with E-state index in [4.69, 9.17) is 0 Å². The Morgan fingerprint density at radius 2 is 2.06 bits per heavy atom. The lowest BCUT2D eigenvalue weighted by atomic mass is 9.91. The number of aromatic amines is 1. The second-order valence-electron chi connectivity index (χ2n) is 7.83. The number of allylic oxidation sites excluding steroid dienone is 2. The smallest absolute Gasteiger partial charge is 0.332 e. The molecule has 1 aromatic carbocycles. The molecule has 1 aliphatic carbocycles. The Labute approximate surface area is 185 Å². The highest BCUT2D eigenvalue weighted by Gasteiger charge is 2.37. The molecular formula is C22H17F3N6O2. The lowest BCUT2D eigenvalue weighted by molar-refractivity contribution is -0.137. The van der Waals surface area contributed by atoms with Gasteiger partial charge in [0.05, 0.1) is 28.9 Å². The van der Waals surface area contributed by atoms with Crippen LogP contribution in [0.15, 0.2) is 64.8 Å². The van der Waals surface area contributed by atoms with Crippen LogP contribution >= 0.6 is 0 Å². The van der Waals surface area contributed by atoms with Crippen molar-refractivity contribution < 1.29 is 22.8 Å². The average molecular weight is 454 g/mol. The van der Waals surface area contributed by atoms with Crippen LogP contribution < -0.4 is 10.6 Å². The van der Waals surface area contributed by atoms with Crippen LogP contribution in [0.2, 0.25) is 0 Å². The van der Waals surface area contributed by atoms with E-state index in [0.717, 1.165) is 18.9 Å². The van der Waals surface area contributed by atoms with Crippen molar-refractivity contribution in [2.24, 2.45) is 21.8 Å². The number of benzene rings is 1. The number of halogens is 3. The molecule has 1 fully saturated rings. The summed E-state index contributed by atoms with van der Waals surface area (Å²) >= 11 is 0. The first-order valence-electron chi connectivity index (χ1n) is 10.2. The standard InChI is InChI=1S/C22H17F3N6O2/c23-22(24,25)13-2-1-3-14(18(13)12-9-27-28-10-12)29-16-8-17(31-20(32)11-4-5-11)30-15-6-7-26-21(33)19(15)16/h1-3,6-11,19H,4-5H2,(H,26,33)(H,27,28)(H,31,32). The molecule has 1 aromatic heterocycles. The maximum atomic E-state index is 13.8. The Morgan fingerprint density at radius 1 is 1.24 bits per heavy atom. The van der Waals surface area contributed by atoms with Gasteiger partial charge in [0.1, 0.15) is 11.7 Å². The van der Waals surface area contributed by atoms with Crippen LogP contribution in [0.1, 0.15) is 18.4 Å². The Balaban J connectivity index is 1.64. The normalized spacial score (nSPS) is 21.2. The number of alkyl halides is 3. The fourth-order valence-corrected chi connectivity index (χ4v) is 3.74. The summed E-state index contributed by atoms with van der Waals surface area (Å²) in [4.78, 5) is 33.6. The lowest BCUT2D eigenvalue weighted by Crippen LogP contribution is -2.43. The number of nitrogens with one attached hydrogen (secondary N) is 3. The minimum Gasteiger partial charge on any atom is -0.332 e. The van der Waals surface area contributed by atoms with Crippen LogP contribution in [0.4, 0.5) is 18.9 Å². The van der Waals surface area contributed by atoms with Crippen molar-refractivity contribution in [2.75, 3.05) is 0 Å². The molecule has 5 rings (SSSR count). The zero-order valence-corrected chi connectivity index (χ0v) is 17.0. The van der Waals surface area contributed by atoms with Crippen LogP contribution in [-0.4, -0.2) is 33.4 Å². The molecule has 168 valence electrons. The van der Waals surface area contributed by atoms with Crippen molar-refractivity contribution >= 4 is 28.9 Å². The molecule has 3 aliphatic rings. The molecule has 3 heterocycles. The minimum atomic E-state index is -4.63. The maximum Gasteiger partial charge on any atom is 0.417 e. The molecule has 1 saturated carbocycles. The highest BCUT2D eigenvalue weighted by atomic mass is 19.4. The quantitative estimate of drug-likeness (QED) is 0.659. The molecule has 8 nitrogen and oxygen atoms in total. The van der Waals surface area contributed by atoms with Gasteiger partial charge in [0.15, 0.2) is 0 Å². The van der Waals surface area contributed by atoms with Crippen LogP contribution in [0, 0.1) is 11.8 Å². The molecule has 0 spiro atoms. The predicted octanol–water partition coefficient (Wildman–Crippen LogP) is 3.25. The minimum absolute atomic E-state index is 0.00828. The Morgan fingerprint density at radius 3 is 2.76 bits per heavy atom. The first-order valence-corrected chi connectivity index (χ1v) is 10.2. The molecule has 2 amide bonds. The number of H-pyrrole nitrogens is 1. The van der Waals surface area contributed by atoms with Gasteiger partial charge in [-0.2, -0.15) is 18.3 Å². The van der Waals surface area contributed by atoms with Crippen LogP contribution in [0.3, 0.4) is 0 Å². The van der Waals surface area contributed by atoms with Crippen LogP contribution in [0.25, 0.3) is 11.1 Å². The number of rotatable bonds is 4. The van der Waals surface area contributed by atoms with E-state index in [-0.39, 0.29) is 40.2 Å². The molecule has 0 saturated heterocycles. The first-order chi connectivity index (χ1) is 15.8. The summed E-state index contributed by atoms with van der Waals surface area (Å²) < 4.78 is 41.4. The Hall–Kier alpha value is -4.02. The molecule has 2 aliphatic heterocycles. The summed E-state index contributed by atoms with van der Waals surface area (Å²) in [6.07, 6.45) is 3.98. The fraction of sp³-hybridized carbons (Fsp3) is 0.227. The van der Waals surface area contributed by atoms with Crippen molar-refractivity contribution in [1.82, 2.24) is 20.8 Å². The van der Waals surface area contributed by atoms with Crippen LogP contribution in [0.5, 0.6) is 0 Å². The second kappa shape index (κ2) is 7.84. The van der Waals surface area contributed by atoms with Gasteiger partial charge in [-0.15, -0.1) is 0 Å². The molecular weight excluding hydrogens is 437 g/mol. The van der Waals surface area contributed by atoms with E-state index in [2.05, 4.69) is 30.8 Å². The summed E-state index contributed by atoms with van der Waals surface area (Å²) in [5.41, 5.74) is -0.339. The SMILES string of the molecule is O=C(NC1=CC(=Nc2cccc(C(F)(F)F)c2-c2cn[nH]c2)C2C(=O)NC=CC2=N1)C1CC1. The lowest BCUT2D eigenvalue weighted by Gasteiger charge is -2.25. The van der Waals surface area contributed by atoms with Crippen molar-refractivity contribution in [3.05, 3.63) is 60.3 Å². The maximum absolute atomic E-state index is 13.8. The summed E-state index contributed by atoms with van der Waals surface area (Å²) in [6, 6.07) is 3.65. The van der Waals surface area contributed by atoms with Gasteiger partial charge < -0.3 is 10.6 Å². The number of nitrogens with zero attached hydrogens (tertiary/aromatic N) is 3.